The highest BCUT2D eigenvalue weighted by Gasteiger charge is 2.21. The molecule has 0 aliphatic rings. The van der Waals surface area contributed by atoms with Gasteiger partial charge in [0.2, 0.25) is 10.0 Å². The van der Waals surface area contributed by atoms with Crippen LogP contribution in [0.5, 0.6) is 5.75 Å². The molecule has 0 saturated carbocycles. The third kappa shape index (κ3) is 6.93. The van der Waals surface area contributed by atoms with Crippen LogP contribution in [0.15, 0.2) is 59.5 Å². The summed E-state index contributed by atoms with van der Waals surface area (Å²) in [6, 6.07) is 13.1. The van der Waals surface area contributed by atoms with Crippen LogP contribution in [0.4, 0.5) is 5.69 Å². The summed E-state index contributed by atoms with van der Waals surface area (Å²) < 4.78 is 36.8. The van der Waals surface area contributed by atoms with Crippen molar-refractivity contribution in [3.8, 4) is 5.75 Å². The van der Waals surface area contributed by atoms with Gasteiger partial charge in [0, 0.05) is 19.2 Å². The predicted octanol–water partition coefficient (Wildman–Crippen LogP) is 3.31. The van der Waals surface area contributed by atoms with E-state index >= 15 is 0 Å². The second-order valence-corrected chi connectivity index (χ2v) is 8.51. The molecule has 9 heteroatoms. The molecule has 0 aromatic heterocycles. The zero-order valence-corrected chi connectivity index (χ0v) is 19.2. The number of carbonyl (C=O) groups excluding carboxylic acids is 2. The van der Waals surface area contributed by atoms with E-state index in [2.05, 4.69) is 5.32 Å². The largest absolute Gasteiger partial charge is 0.492 e. The number of rotatable bonds is 11. The Morgan fingerprint density at radius 2 is 1.66 bits per heavy atom. The lowest BCUT2D eigenvalue weighted by Gasteiger charge is -2.18. The highest BCUT2D eigenvalue weighted by molar-refractivity contribution is 7.89. The van der Waals surface area contributed by atoms with E-state index in [9.17, 15) is 18.0 Å². The molecule has 0 aliphatic carbocycles. The molecule has 0 unspecified atom stereocenters. The fourth-order valence-electron chi connectivity index (χ4n) is 2.85. The van der Waals surface area contributed by atoms with Crippen molar-refractivity contribution >= 4 is 33.7 Å². The third-order valence-corrected chi connectivity index (χ3v) is 6.51. The van der Waals surface area contributed by atoms with Crippen LogP contribution in [0.2, 0.25) is 0 Å². The molecule has 0 atom stereocenters. The highest BCUT2D eigenvalue weighted by Crippen LogP contribution is 2.23. The molecule has 1 N–H and O–H groups in total. The molecule has 0 radical (unpaired) electrons. The van der Waals surface area contributed by atoms with Crippen molar-refractivity contribution in [2.75, 3.05) is 31.6 Å². The first kappa shape index (κ1) is 25.1. The standard InChI is InChI=1S/C23H28N2O6S/c1-4-25(5-2)32(28,29)19-14-11-18(12-15-19)13-16-23(27)31-17-22(26)24-20-9-7-8-10-21(20)30-6-3/h7-16H,4-6,17H2,1-3H3,(H,24,26)/b16-13+. The van der Waals surface area contributed by atoms with Crippen LogP contribution in [0.1, 0.15) is 26.3 Å². The SMILES string of the molecule is CCOc1ccccc1NC(=O)COC(=O)/C=C/c1ccc(S(=O)(=O)N(CC)CC)cc1. The maximum Gasteiger partial charge on any atom is 0.331 e. The summed E-state index contributed by atoms with van der Waals surface area (Å²) in [7, 11) is -3.54. The van der Waals surface area contributed by atoms with Gasteiger partial charge >= 0.3 is 5.97 Å². The predicted molar refractivity (Wildman–Crippen MR) is 123 cm³/mol. The van der Waals surface area contributed by atoms with Gasteiger partial charge in [0.1, 0.15) is 5.75 Å². The number of hydrogen-bond acceptors (Lipinski definition) is 6. The van der Waals surface area contributed by atoms with Gasteiger partial charge in [-0.25, -0.2) is 13.2 Å². The first-order valence-electron chi connectivity index (χ1n) is 10.3. The Kier molecular flexibility index (Phi) is 9.42. The van der Waals surface area contributed by atoms with E-state index in [-0.39, 0.29) is 4.90 Å². The van der Waals surface area contributed by atoms with E-state index in [0.29, 0.717) is 36.7 Å². The van der Waals surface area contributed by atoms with E-state index < -0.39 is 28.5 Å². The van der Waals surface area contributed by atoms with Gasteiger partial charge < -0.3 is 14.8 Å². The van der Waals surface area contributed by atoms with Crippen LogP contribution >= 0.6 is 0 Å². The average molecular weight is 461 g/mol. The number of esters is 1. The highest BCUT2D eigenvalue weighted by atomic mass is 32.2. The molecule has 0 aliphatic heterocycles. The van der Waals surface area contributed by atoms with Gasteiger partial charge in [0.05, 0.1) is 17.2 Å². The molecule has 1 amide bonds. The molecule has 0 fully saturated rings. The van der Waals surface area contributed by atoms with E-state index in [0.717, 1.165) is 0 Å². The summed E-state index contributed by atoms with van der Waals surface area (Å²) in [5.74, 6) is -0.663. The normalized spacial score (nSPS) is 11.5. The van der Waals surface area contributed by atoms with Crippen LogP contribution in [0, 0.1) is 0 Å². The van der Waals surface area contributed by atoms with E-state index in [1.807, 2.05) is 6.92 Å². The van der Waals surface area contributed by atoms with Gasteiger partial charge in [-0.05, 0) is 42.8 Å². The van der Waals surface area contributed by atoms with Crippen molar-refractivity contribution in [3.63, 3.8) is 0 Å². The van der Waals surface area contributed by atoms with Gasteiger partial charge in [-0.3, -0.25) is 4.79 Å². The quantitative estimate of drug-likeness (QED) is 0.408. The van der Waals surface area contributed by atoms with Crippen LogP contribution in [0.25, 0.3) is 6.08 Å². The van der Waals surface area contributed by atoms with Crippen molar-refractivity contribution in [1.29, 1.82) is 0 Å². The lowest BCUT2D eigenvalue weighted by molar-refractivity contribution is -0.142. The molecular formula is C23H28N2O6S. The molecule has 0 saturated heterocycles. The van der Waals surface area contributed by atoms with Crippen LogP contribution in [-0.2, 0) is 24.3 Å². The lowest BCUT2D eigenvalue weighted by Crippen LogP contribution is -2.30. The molecule has 0 bridgehead atoms. The fourth-order valence-corrected chi connectivity index (χ4v) is 4.31. The van der Waals surface area contributed by atoms with Gasteiger partial charge in [0.15, 0.2) is 6.61 Å². The summed E-state index contributed by atoms with van der Waals surface area (Å²) in [4.78, 5) is 24.2. The number of sulfonamides is 1. The zero-order valence-electron chi connectivity index (χ0n) is 18.4. The zero-order chi connectivity index (χ0) is 23.6. The molecule has 172 valence electrons. The smallest absolute Gasteiger partial charge is 0.331 e. The van der Waals surface area contributed by atoms with Crippen LogP contribution in [0.3, 0.4) is 0 Å². The fraction of sp³-hybridized carbons (Fsp3) is 0.304. The Bertz CT molecular complexity index is 1040. The van der Waals surface area contributed by atoms with Crippen molar-refractivity contribution in [3.05, 3.63) is 60.2 Å². The Hall–Kier alpha value is -3.17. The van der Waals surface area contributed by atoms with Gasteiger partial charge in [-0.1, -0.05) is 38.1 Å². The Morgan fingerprint density at radius 1 is 1.00 bits per heavy atom. The number of nitrogens with zero attached hydrogens (tertiary/aromatic N) is 1. The molecule has 8 nitrogen and oxygen atoms in total. The van der Waals surface area contributed by atoms with Crippen molar-refractivity contribution < 1.29 is 27.5 Å². The minimum absolute atomic E-state index is 0.185. The summed E-state index contributed by atoms with van der Waals surface area (Å²) in [6.45, 7) is 6.17. The monoisotopic (exact) mass is 460 g/mol. The van der Waals surface area contributed by atoms with E-state index in [4.69, 9.17) is 9.47 Å². The Balaban J connectivity index is 1.90. The van der Waals surface area contributed by atoms with Gasteiger partial charge in [-0.2, -0.15) is 4.31 Å². The molecule has 2 rings (SSSR count). The Morgan fingerprint density at radius 3 is 2.28 bits per heavy atom. The average Bonchev–Trinajstić information content (AvgIpc) is 2.78. The second-order valence-electron chi connectivity index (χ2n) is 6.58. The first-order chi connectivity index (χ1) is 15.3. The van der Waals surface area contributed by atoms with Gasteiger partial charge in [-0.15, -0.1) is 0 Å². The van der Waals surface area contributed by atoms with E-state index in [1.54, 1.807) is 50.2 Å². The second kappa shape index (κ2) is 12.0. The summed E-state index contributed by atoms with van der Waals surface area (Å²) in [5, 5.41) is 2.64. The third-order valence-electron chi connectivity index (χ3n) is 4.44. The minimum Gasteiger partial charge on any atom is -0.492 e. The molecule has 2 aromatic carbocycles. The van der Waals surface area contributed by atoms with Crippen LogP contribution in [-0.4, -0.2) is 50.9 Å². The molecular weight excluding hydrogens is 432 g/mol. The summed E-state index contributed by atoms with van der Waals surface area (Å²) >= 11 is 0. The van der Waals surface area contributed by atoms with Crippen LogP contribution < -0.4 is 10.1 Å². The maximum atomic E-state index is 12.5. The number of carbonyl (C=O) groups is 2. The molecule has 0 spiro atoms. The molecule has 32 heavy (non-hydrogen) atoms. The number of para-hydroxylation sites is 2. The van der Waals surface area contributed by atoms with Crippen molar-refractivity contribution in [2.24, 2.45) is 0 Å². The maximum absolute atomic E-state index is 12.5. The summed E-state index contributed by atoms with van der Waals surface area (Å²) in [6.07, 6.45) is 2.66. The minimum atomic E-state index is -3.54. The van der Waals surface area contributed by atoms with E-state index in [1.165, 1.54) is 28.6 Å². The number of nitrogens with one attached hydrogen (secondary N) is 1. The van der Waals surface area contributed by atoms with Gasteiger partial charge in [0.25, 0.3) is 5.91 Å². The molecule has 0 heterocycles. The summed E-state index contributed by atoms with van der Waals surface area (Å²) in [5.41, 5.74) is 1.11. The Labute approximate surface area is 188 Å². The number of hydrogen-bond donors (Lipinski definition) is 1. The van der Waals surface area contributed by atoms with Crippen molar-refractivity contribution in [1.82, 2.24) is 4.31 Å². The number of ether oxygens (including phenoxy) is 2. The number of anilines is 1. The number of amides is 1. The lowest BCUT2D eigenvalue weighted by atomic mass is 10.2. The first-order valence-corrected chi connectivity index (χ1v) is 11.7. The topological polar surface area (TPSA) is 102 Å². The molecule has 2 aromatic rings. The number of benzene rings is 2. The van der Waals surface area contributed by atoms with Crippen molar-refractivity contribution in [2.45, 2.75) is 25.7 Å².